The highest BCUT2D eigenvalue weighted by atomic mass is 35.5. The van der Waals surface area contributed by atoms with Gasteiger partial charge in [-0.15, -0.1) is 0 Å². The molecule has 3 nitrogen and oxygen atoms in total. The summed E-state index contributed by atoms with van der Waals surface area (Å²) in [6.07, 6.45) is 0.839. The average Bonchev–Trinajstić information content (AvgIpc) is 2.54. The number of halogens is 1. The molecule has 2 rings (SSSR count). The Bertz CT molecular complexity index is 757. The molecule has 0 spiro atoms. The average molecular weight is 382 g/mol. The van der Waals surface area contributed by atoms with Crippen LogP contribution in [0, 0.1) is 0 Å². The lowest BCUT2D eigenvalue weighted by Crippen LogP contribution is -2.33. The maximum atomic E-state index is 12.2. The van der Waals surface area contributed by atoms with Crippen molar-refractivity contribution in [3.05, 3.63) is 58.6 Å². The van der Waals surface area contributed by atoms with Gasteiger partial charge in [0.2, 0.25) is 0 Å². The van der Waals surface area contributed by atoms with Crippen LogP contribution in [0.25, 0.3) is 0 Å². The lowest BCUT2D eigenvalue weighted by Gasteiger charge is -2.19. The summed E-state index contributed by atoms with van der Waals surface area (Å²) in [5.41, 5.74) is 1.57. The van der Waals surface area contributed by atoms with E-state index in [2.05, 4.69) is 4.72 Å². The molecule has 0 amide bonds. The van der Waals surface area contributed by atoms with Crippen molar-refractivity contribution in [3.8, 4) is 0 Å². The molecule has 2 aromatic carbocycles. The van der Waals surface area contributed by atoms with Gasteiger partial charge >= 0.3 is 0 Å². The molecule has 0 heterocycles. The predicted molar refractivity (Wildman–Crippen MR) is 102 cm³/mol. The minimum absolute atomic E-state index is 0.337. The quantitative estimate of drug-likeness (QED) is 0.727. The summed E-state index contributed by atoms with van der Waals surface area (Å²) in [4.78, 5) is 12.9. The first-order chi connectivity index (χ1) is 11.3. The van der Waals surface area contributed by atoms with E-state index in [9.17, 15) is 9.00 Å². The van der Waals surface area contributed by atoms with Crippen molar-refractivity contribution >= 4 is 40.6 Å². The van der Waals surface area contributed by atoms with Crippen LogP contribution in [0.5, 0.6) is 0 Å². The Balaban J connectivity index is 2.27. The lowest BCUT2D eigenvalue weighted by molar-refractivity contribution is 0.112. The van der Waals surface area contributed by atoms with E-state index in [0.717, 1.165) is 21.6 Å². The second-order valence-electron chi connectivity index (χ2n) is 6.19. The Kier molecular flexibility index (Phi) is 6.63. The molecule has 128 valence electrons. The molecule has 1 unspecified atom stereocenters. The standard InChI is InChI=1S/C18H20ClNO2S2/c1-18(2,3)24(22)20-11-13-8-6-9-15(19)17(13)23-16-10-5-4-7-14(16)12-21/h4-10,12,20H,11H2,1-3H3. The fraction of sp³-hybridized carbons (Fsp3) is 0.278. The van der Waals surface area contributed by atoms with Gasteiger partial charge in [-0.05, 0) is 38.5 Å². The molecule has 24 heavy (non-hydrogen) atoms. The maximum absolute atomic E-state index is 12.2. The molecule has 1 atom stereocenters. The summed E-state index contributed by atoms with van der Waals surface area (Å²) in [7, 11) is -1.16. The molecule has 0 aliphatic carbocycles. The summed E-state index contributed by atoms with van der Waals surface area (Å²) in [5, 5.41) is 0.613. The second-order valence-corrected chi connectivity index (χ2v) is 9.70. The third-order valence-electron chi connectivity index (χ3n) is 3.26. The summed E-state index contributed by atoms with van der Waals surface area (Å²) in [5.74, 6) is 0. The zero-order chi connectivity index (χ0) is 17.7. The largest absolute Gasteiger partial charge is 0.298 e. The van der Waals surface area contributed by atoms with Gasteiger partial charge in [0.05, 0.1) is 20.8 Å². The van der Waals surface area contributed by atoms with Gasteiger partial charge in [0.1, 0.15) is 0 Å². The maximum Gasteiger partial charge on any atom is 0.151 e. The Morgan fingerprint density at radius 1 is 1.17 bits per heavy atom. The van der Waals surface area contributed by atoms with Gasteiger partial charge in [-0.3, -0.25) is 4.79 Å². The van der Waals surface area contributed by atoms with Crippen molar-refractivity contribution in [2.24, 2.45) is 0 Å². The van der Waals surface area contributed by atoms with Crippen molar-refractivity contribution in [2.45, 2.75) is 41.9 Å². The van der Waals surface area contributed by atoms with Crippen LogP contribution in [0.2, 0.25) is 5.02 Å². The fourth-order valence-corrected chi connectivity index (χ4v) is 4.01. The number of rotatable bonds is 6. The molecular weight excluding hydrogens is 362 g/mol. The Morgan fingerprint density at radius 3 is 2.54 bits per heavy atom. The third kappa shape index (κ3) is 4.93. The van der Waals surface area contributed by atoms with E-state index in [1.54, 1.807) is 6.07 Å². The van der Waals surface area contributed by atoms with Gasteiger partial charge in [0, 0.05) is 21.9 Å². The van der Waals surface area contributed by atoms with Crippen molar-refractivity contribution in [2.75, 3.05) is 0 Å². The van der Waals surface area contributed by atoms with Gasteiger partial charge in [0.15, 0.2) is 6.29 Å². The van der Waals surface area contributed by atoms with Crippen LogP contribution in [0.1, 0.15) is 36.7 Å². The smallest absolute Gasteiger partial charge is 0.151 e. The van der Waals surface area contributed by atoms with E-state index in [0.29, 0.717) is 17.1 Å². The van der Waals surface area contributed by atoms with Crippen molar-refractivity contribution < 1.29 is 9.00 Å². The molecule has 2 aromatic rings. The SMILES string of the molecule is CC(C)(C)S(=O)NCc1cccc(Cl)c1Sc1ccccc1C=O. The molecule has 6 heteroatoms. The monoisotopic (exact) mass is 381 g/mol. The van der Waals surface area contributed by atoms with E-state index < -0.39 is 11.0 Å². The first-order valence-electron chi connectivity index (χ1n) is 7.47. The molecular formula is C18H20ClNO2S2. The van der Waals surface area contributed by atoms with Gasteiger partial charge < -0.3 is 0 Å². The number of hydrogen-bond donors (Lipinski definition) is 1. The fourth-order valence-electron chi connectivity index (χ4n) is 1.95. The molecule has 0 fully saturated rings. The first-order valence-corrected chi connectivity index (χ1v) is 9.82. The molecule has 0 saturated carbocycles. The predicted octanol–water partition coefficient (Wildman–Crippen LogP) is 4.86. The van der Waals surface area contributed by atoms with Crippen LogP contribution in [-0.2, 0) is 17.5 Å². The zero-order valence-corrected chi connectivity index (χ0v) is 16.2. The molecule has 0 aromatic heterocycles. The molecule has 0 aliphatic heterocycles. The first kappa shape index (κ1) is 19.2. The number of benzene rings is 2. The lowest BCUT2D eigenvalue weighted by atomic mass is 10.2. The number of carbonyl (C=O) groups is 1. The minimum atomic E-state index is -1.16. The molecule has 0 radical (unpaired) electrons. The Hall–Kier alpha value is -1.14. The summed E-state index contributed by atoms with van der Waals surface area (Å²) < 4.78 is 14.9. The van der Waals surface area contributed by atoms with E-state index in [1.807, 2.05) is 57.2 Å². The number of hydrogen-bond acceptors (Lipinski definition) is 3. The van der Waals surface area contributed by atoms with Crippen LogP contribution >= 0.6 is 23.4 Å². The molecule has 0 bridgehead atoms. The Labute approximate surface area is 154 Å². The summed E-state index contributed by atoms with van der Waals surface area (Å²) >= 11 is 7.82. The zero-order valence-electron chi connectivity index (χ0n) is 13.8. The summed E-state index contributed by atoms with van der Waals surface area (Å²) in [6.45, 7) is 6.20. The second kappa shape index (κ2) is 8.30. The van der Waals surface area contributed by atoms with Crippen LogP contribution in [-0.4, -0.2) is 15.2 Å². The van der Waals surface area contributed by atoms with Crippen LogP contribution in [0.15, 0.2) is 52.3 Å². The minimum Gasteiger partial charge on any atom is -0.298 e. The number of nitrogens with one attached hydrogen (secondary N) is 1. The van der Waals surface area contributed by atoms with Crippen LogP contribution in [0.4, 0.5) is 0 Å². The highest BCUT2D eigenvalue weighted by Crippen LogP contribution is 2.37. The van der Waals surface area contributed by atoms with Crippen molar-refractivity contribution in [3.63, 3.8) is 0 Å². The van der Waals surface area contributed by atoms with E-state index in [4.69, 9.17) is 11.6 Å². The number of carbonyl (C=O) groups excluding carboxylic acids is 1. The van der Waals surface area contributed by atoms with Gasteiger partial charge in [0.25, 0.3) is 0 Å². The van der Waals surface area contributed by atoms with Crippen LogP contribution < -0.4 is 4.72 Å². The van der Waals surface area contributed by atoms with Gasteiger partial charge in [-0.1, -0.05) is 53.7 Å². The van der Waals surface area contributed by atoms with E-state index >= 15 is 0 Å². The van der Waals surface area contributed by atoms with E-state index in [1.165, 1.54) is 11.8 Å². The van der Waals surface area contributed by atoms with E-state index in [-0.39, 0.29) is 4.75 Å². The third-order valence-corrected chi connectivity index (χ3v) is 6.48. The topological polar surface area (TPSA) is 46.2 Å². The van der Waals surface area contributed by atoms with Crippen LogP contribution in [0.3, 0.4) is 0 Å². The highest BCUT2D eigenvalue weighted by molar-refractivity contribution is 7.99. The number of aldehydes is 1. The molecule has 1 N–H and O–H groups in total. The van der Waals surface area contributed by atoms with Crippen molar-refractivity contribution in [1.29, 1.82) is 0 Å². The normalized spacial score (nSPS) is 12.8. The molecule has 0 saturated heterocycles. The highest BCUT2D eigenvalue weighted by Gasteiger charge is 2.20. The summed E-state index contributed by atoms with van der Waals surface area (Å²) in [6, 6.07) is 13.0. The molecule has 0 aliphatic rings. The van der Waals surface area contributed by atoms with Crippen molar-refractivity contribution in [1.82, 2.24) is 4.72 Å². The van der Waals surface area contributed by atoms with Gasteiger partial charge in [-0.2, -0.15) is 0 Å². The Morgan fingerprint density at radius 2 is 1.88 bits per heavy atom. The van der Waals surface area contributed by atoms with Gasteiger partial charge in [-0.25, -0.2) is 8.93 Å².